The number of amides is 1. The first kappa shape index (κ1) is 27.4. The number of hydrogen-bond donors (Lipinski definition) is 1. The van der Waals surface area contributed by atoms with Crippen LogP contribution in [0.25, 0.3) is 0 Å². The lowest BCUT2D eigenvalue weighted by Gasteiger charge is -2.44. The van der Waals surface area contributed by atoms with Crippen molar-refractivity contribution >= 4 is 30.7 Å². The molecule has 1 fully saturated rings. The number of carbonyl (C=O) groups excluding carboxylic acids is 1. The molecule has 4 rings (SSSR count). The van der Waals surface area contributed by atoms with Crippen LogP contribution in [0.4, 0.5) is 17.6 Å². The van der Waals surface area contributed by atoms with E-state index in [0.29, 0.717) is 25.6 Å². The number of fused-ring (bicyclic) bond motifs is 1. The van der Waals surface area contributed by atoms with Crippen molar-refractivity contribution in [3.8, 4) is 0 Å². The molecular weight excluding hydrogens is 481 g/mol. The van der Waals surface area contributed by atoms with Gasteiger partial charge in [0.25, 0.3) is 0 Å². The monoisotopic (exact) mass is 507 g/mol. The molecule has 2 aromatic rings. The number of halogens is 6. The Balaban J connectivity index is 0.00000193. The van der Waals surface area contributed by atoms with Crippen molar-refractivity contribution < 1.29 is 22.4 Å². The molecule has 2 aromatic carbocycles. The van der Waals surface area contributed by atoms with E-state index in [-0.39, 0.29) is 42.8 Å². The van der Waals surface area contributed by atoms with Crippen molar-refractivity contribution in [3.63, 3.8) is 0 Å². The van der Waals surface area contributed by atoms with E-state index in [1.165, 1.54) is 4.90 Å². The van der Waals surface area contributed by atoms with E-state index in [2.05, 4.69) is 10.2 Å². The second-order valence-corrected chi connectivity index (χ2v) is 8.26. The van der Waals surface area contributed by atoms with E-state index >= 15 is 0 Å². The van der Waals surface area contributed by atoms with Gasteiger partial charge in [0.2, 0.25) is 5.91 Å². The van der Waals surface area contributed by atoms with Crippen LogP contribution in [-0.2, 0) is 29.5 Å². The first-order valence-corrected chi connectivity index (χ1v) is 10.4. The highest BCUT2D eigenvalue weighted by atomic mass is 35.5. The topological polar surface area (TPSA) is 35.6 Å². The predicted octanol–water partition coefficient (Wildman–Crippen LogP) is 4.39. The SMILES string of the molecule is CN(Cc1cc(F)cc(C(F)(F)F)c1)C(=O)[C@]1(N2CCNCC2)CCc2ccccc21.Cl.Cl. The molecule has 2 aliphatic rings. The Hall–Kier alpha value is -1.87. The summed E-state index contributed by atoms with van der Waals surface area (Å²) < 4.78 is 53.2. The Morgan fingerprint density at radius 3 is 2.45 bits per heavy atom. The van der Waals surface area contributed by atoms with Gasteiger partial charge in [-0.25, -0.2) is 4.39 Å². The van der Waals surface area contributed by atoms with E-state index in [0.717, 1.165) is 42.8 Å². The third-order valence-corrected chi connectivity index (χ3v) is 6.28. The van der Waals surface area contributed by atoms with Gasteiger partial charge in [-0.2, -0.15) is 13.2 Å². The lowest BCUT2D eigenvalue weighted by Crippen LogP contribution is -2.60. The number of nitrogens with one attached hydrogen (secondary N) is 1. The molecule has 1 saturated heterocycles. The maximum absolute atomic E-state index is 13.9. The van der Waals surface area contributed by atoms with Crippen LogP contribution < -0.4 is 5.32 Å². The van der Waals surface area contributed by atoms with E-state index in [9.17, 15) is 22.4 Å². The molecular formula is C23H27Cl2F4N3O. The predicted molar refractivity (Wildman–Crippen MR) is 123 cm³/mol. The third-order valence-electron chi connectivity index (χ3n) is 6.28. The van der Waals surface area contributed by atoms with Crippen molar-refractivity contribution in [1.29, 1.82) is 0 Å². The summed E-state index contributed by atoms with van der Waals surface area (Å²) in [6, 6.07) is 10.3. The Morgan fingerprint density at radius 2 is 1.79 bits per heavy atom. The molecule has 10 heteroatoms. The summed E-state index contributed by atoms with van der Waals surface area (Å²) in [6.07, 6.45) is -3.27. The maximum atomic E-state index is 13.9. The molecule has 182 valence electrons. The van der Waals surface area contributed by atoms with E-state index < -0.39 is 23.1 Å². The van der Waals surface area contributed by atoms with Crippen LogP contribution in [0.3, 0.4) is 0 Å². The zero-order valence-corrected chi connectivity index (χ0v) is 19.8. The van der Waals surface area contributed by atoms with Crippen LogP contribution in [-0.4, -0.2) is 48.9 Å². The molecule has 1 heterocycles. The summed E-state index contributed by atoms with van der Waals surface area (Å²) in [7, 11) is 1.57. The molecule has 1 aliphatic carbocycles. The Morgan fingerprint density at radius 1 is 1.12 bits per heavy atom. The van der Waals surface area contributed by atoms with Gasteiger partial charge in [-0.15, -0.1) is 24.8 Å². The van der Waals surface area contributed by atoms with Crippen LogP contribution in [0.1, 0.15) is 28.7 Å². The summed E-state index contributed by atoms with van der Waals surface area (Å²) in [6.45, 7) is 2.83. The minimum atomic E-state index is -4.65. The van der Waals surface area contributed by atoms with Gasteiger partial charge in [-0.3, -0.25) is 9.69 Å². The van der Waals surface area contributed by atoms with Crippen LogP contribution in [0, 0.1) is 5.82 Å². The average molecular weight is 508 g/mol. The zero-order valence-electron chi connectivity index (χ0n) is 18.1. The minimum Gasteiger partial charge on any atom is -0.340 e. The van der Waals surface area contributed by atoms with Crippen molar-refractivity contribution in [1.82, 2.24) is 15.1 Å². The second kappa shape index (κ2) is 10.6. The Labute approximate surface area is 203 Å². The van der Waals surface area contributed by atoms with Crippen LogP contribution >= 0.6 is 24.8 Å². The van der Waals surface area contributed by atoms with Gasteiger partial charge < -0.3 is 10.2 Å². The number of carbonyl (C=O) groups is 1. The summed E-state index contributed by atoms with van der Waals surface area (Å²) in [4.78, 5) is 17.5. The quantitative estimate of drug-likeness (QED) is 0.623. The van der Waals surface area contributed by atoms with Crippen molar-refractivity contribution in [3.05, 3.63) is 70.5 Å². The normalized spacial score (nSPS) is 20.4. The molecule has 0 saturated carbocycles. The lowest BCUT2D eigenvalue weighted by atomic mass is 9.87. The summed E-state index contributed by atoms with van der Waals surface area (Å²) in [5, 5.41) is 3.30. The zero-order chi connectivity index (χ0) is 22.2. The van der Waals surface area contributed by atoms with Gasteiger partial charge in [-0.1, -0.05) is 24.3 Å². The summed E-state index contributed by atoms with van der Waals surface area (Å²) in [5.41, 5.74) is 0.293. The molecule has 33 heavy (non-hydrogen) atoms. The molecule has 0 unspecified atom stereocenters. The Bertz CT molecular complexity index is 982. The number of hydrogen-bond acceptors (Lipinski definition) is 3. The van der Waals surface area contributed by atoms with Gasteiger partial charge in [0.1, 0.15) is 11.4 Å². The van der Waals surface area contributed by atoms with Crippen molar-refractivity contribution in [2.24, 2.45) is 0 Å². The van der Waals surface area contributed by atoms with Gasteiger partial charge in [0, 0.05) is 39.8 Å². The fourth-order valence-corrected chi connectivity index (χ4v) is 4.89. The standard InChI is InChI=1S/C23H25F4N3O.2ClH/c1-29(15-16-12-18(23(25,26)27)14-19(24)13-16)21(31)22(30-10-8-28-9-11-30)7-6-17-4-2-3-5-20(17)22;;/h2-5,12-14,28H,6-11,15H2,1H3;2*1H/t22-;;/m0../s1. The highest BCUT2D eigenvalue weighted by molar-refractivity contribution is 5.89. The van der Waals surface area contributed by atoms with E-state index in [4.69, 9.17) is 0 Å². The maximum Gasteiger partial charge on any atom is 0.416 e. The lowest BCUT2D eigenvalue weighted by molar-refractivity contribution is -0.145. The molecule has 0 bridgehead atoms. The molecule has 1 aliphatic heterocycles. The first-order chi connectivity index (χ1) is 14.7. The van der Waals surface area contributed by atoms with Crippen molar-refractivity contribution in [2.75, 3.05) is 33.2 Å². The molecule has 4 nitrogen and oxygen atoms in total. The number of piperazine rings is 1. The van der Waals surface area contributed by atoms with Gasteiger partial charge >= 0.3 is 6.18 Å². The van der Waals surface area contributed by atoms with Gasteiger partial charge in [-0.05, 0) is 47.7 Å². The number of nitrogens with zero attached hydrogens (tertiary/aromatic N) is 2. The van der Waals surface area contributed by atoms with Crippen LogP contribution in [0.5, 0.6) is 0 Å². The summed E-state index contributed by atoms with van der Waals surface area (Å²) >= 11 is 0. The molecule has 1 amide bonds. The number of aryl methyl sites for hydroxylation is 1. The van der Waals surface area contributed by atoms with Crippen LogP contribution in [0.15, 0.2) is 42.5 Å². The minimum absolute atomic E-state index is 0. The Kier molecular flexibility index (Phi) is 8.79. The third kappa shape index (κ3) is 5.29. The van der Waals surface area contributed by atoms with E-state index in [1.807, 2.05) is 24.3 Å². The molecule has 0 aromatic heterocycles. The fourth-order valence-electron chi connectivity index (χ4n) is 4.89. The molecule has 1 atom stereocenters. The molecule has 0 spiro atoms. The fraction of sp³-hybridized carbons (Fsp3) is 0.435. The van der Waals surface area contributed by atoms with Crippen LogP contribution in [0.2, 0.25) is 0 Å². The highest BCUT2D eigenvalue weighted by Crippen LogP contribution is 2.43. The van der Waals surface area contributed by atoms with E-state index in [1.54, 1.807) is 7.05 Å². The first-order valence-electron chi connectivity index (χ1n) is 10.4. The molecule has 0 radical (unpaired) electrons. The smallest absolute Gasteiger partial charge is 0.340 e. The molecule has 1 N–H and O–H groups in total. The second-order valence-electron chi connectivity index (χ2n) is 8.26. The average Bonchev–Trinajstić information content (AvgIpc) is 3.13. The van der Waals surface area contributed by atoms with Gasteiger partial charge in [0.15, 0.2) is 0 Å². The van der Waals surface area contributed by atoms with Crippen molar-refractivity contribution in [2.45, 2.75) is 31.1 Å². The van der Waals surface area contributed by atoms with Gasteiger partial charge in [0.05, 0.1) is 5.56 Å². The largest absolute Gasteiger partial charge is 0.416 e. The summed E-state index contributed by atoms with van der Waals surface area (Å²) in [5.74, 6) is -1.13. The highest BCUT2D eigenvalue weighted by Gasteiger charge is 2.51. The number of alkyl halides is 3. The number of benzene rings is 2. The number of likely N-dealkylation sites (N-methyl/N-ethyl adjacent to an activating group) is 1. The number of rotatable bonds is 4.